The standard InChI is InChI=1S/C17H18N6O2S/c1-21-9-11(14(18)24)8-13(21)17(25)23-5-3-22(4-6-23)15-12-2-7-26-16(12)20-10-19-15/h2,7-10H,3-6H2,1H3,(H2,18,24). The summed E-state index contributed by atoms with van der Waals surface area (Å²) in [6.07, 6.45) is 3.17. The van der Waals surface area contributed by atoms with Crippen molar-refractivity contribution in [3.05, 3.63) is 41.3 Å². The Balaban J connectivity index is 1.49. The van der Waals surface area contributed by atoms with Crippen molar-refractivity contribution in [1.29, 1.82) is 0 Å². The van der Waals surface area contributed by atoms with Crippen molar-refractivity contribution in [3.8, 4) is 0 Å². The number of amides is 2. The summed E-state index contributed by atoms with van der Waals surface area (Å²) in [5.41, 5.74) is 6.11. The average Bonchev–Trinajstić information content (AvgIpc) is 3.27. The maximum Gasteiger partial charge on any atom is 0.270 e. The van der Waals surface area contributed by atoms with E-state index in [1.54, 1.807) is 46.4 Å². The molecule has 3 aromatic heterocycles. The highest BCUT2D eigenvalue weighted by Gasteiger charge is 2.26. The van der Waals surface area contributed by atoms with Crippen molar-refractivity contribution in [1.82, 2.24) is 19.4 Å². The number of piperazine rings is 1. The monoisotopic (exact) mass is 370 g/mol. The molecule has 4 heterocycles. The molecule has 0 saturated carbocycles. The topological polar surface area (TPSA) is 97.3 Å². The molecular weight excluding hydrogens is 352 g/mol. The predicted octanol–water partition coefficient (Wildman–Crippen LogP) is 1.09. The van der Waals surface area contributed by atoms with Gasteiger partial charge in [0.1, 0.15) is 22.7 Å². The molecule has 0 unspecified atom stereocenters. The number of carbonyl (C=O) groups is 2. The molecule has 1 fully saturated rings. The van der Waals surface area contributed by atoms with Gasteiger partial charge >= 0.3 is 0 Å². The van der Waals surface area contributed by atoms with Crippen LogP contribution in [-0.4, -0.2) is 57.4 Å². The number of carbonyl (C=O) groups excluding carboxylic acids is 2. The van der Waals surface area contributed by atoms with Crippen LogP contribution in [0.25, 0.3) is 10.2 Å². The molecule has 134 valence electrons. The molecule has 3 aromatic rings. The van der Waals surface area contributed by atoms with Crippen molar-refractivity contribution >= 4 is 39.2 Å². The Morgan fingerprint density at radius 3 is 2.65 bits per heavy atom. The zero-order valence-electron chi connectivity index (χ0n) is 14.3. The summed E-state index contributed by atoms with van der Waals surface area (Å²) >= 11 is 1.59. The molecule has 2 amide bonds. The summed E-state index contributed by atoms with van der Waals surface area (Å²) in [5, 5.41) is 3.06. The Bertz CT molecular complexity index is 986. The smallest absolute Gasteiger partial charge is 0.270 e. The first-order valence-corrected chi connectivity index (χ1v) is 9.11. The maximum atomic E-state index is 12.8. The van der Waals surface area contributed by atoms with Crippen LogP contribution in [0.2, 0.25) is 0 Å². The van der Waals surface area contributed by atoms with Crippen LogP contribution in [0.15, 0.2) is 30.0 Å². The molecule has 26 heavy (non-hydrogen) atoms. The van der Waals surface area contributed by atoms with Crippen molar-refractivity contribution < 1.29 is 9.59 Å². The van der Waals surface area contributed by atoms with E-state index in [4.69, 9.17) is 5.73 Å². The Hall–Kier alpha value is -2.94. The number of fused-ring (bicyclic) bond motifs is 1. The summed E-state index contributed by atoms with van der Waals surface area (Å²) in [6, 6.07) is 3.58. The molecule has 0 aromatic carbocycles. The minimum Gasteiger partial charge on any atom is -0.366 e. The number of hydrogen-bond acceptors (Lipinski definition) is 6. The molecule has 0 radical (unpaired) electrons. The third-order valence-electron chi connectivity index (χ3n) is 4.62. The van der Waals surface area contributed by atoms with Crippen molar-refractivity contribution in [2.24, 2.45) is 12.8 Å². The molecular formula is C17H18N6O2S. The first-order valence-electron chi connectivity index (χ1n) is 8.23. The number of aromatic nitrogens is 3. The molecule has 2 N–H and O–H groups in total. The lowest BCUT2D eigenvalue weighted by Gasteiger charge is -2.35. The zero-order chi connectivity index (χ0) is 18.3. The fourth-order valence-electron chi connectivity index (χ4n) is 3.22. The van der Waals surface area contributed by atoms with Gasteiger partial charge in [0.15, 0.2) is 0 Å². The fourth-order valence-corrected chi connectivity index (χ4v) is 3.95. The normalized spacial score (nSPS) is 14.8. The Labute approximate surface area is 153 Å². The summed E-state index contributed by atoms with van der Waals surface area (Å²) < 4.78 is 1.65. The molecule has 0 spiro atoms. The van der Waals surface area contributed by atoms with Crippen molar-refractivity contribution in [3.63, 3.8) is 0 Å². The van der Waals surface area contributed by atoms with Crippen LogP contribution >= 0.6 is 11.3 Å². The van der Waals surface area contributed by atoms with E-state index < -0.39 is 5.91 Å². The zero-order valence-corrected chi connectivity index (χ0v) is 15.1. The van der Waals surface area contributed by atoms with Gasteiger partial charge in [-0.05, 0) is 17.5 Å². The largest absolute Gasteiger partial charge is 0.366 e. The van der Waals surface area contributed by atoms with Gasteiger partial charge < -0.3 is 20.1 Å². The fraction of sp³-hybridized carbons (Fsp3) is 0.294. The molecule has 0 aliphatic carbocycles. The molecule has 1 aliphatic heterocycles. The molecule has 9 heteroatoms. The quantitative estimate of drug-likeness (QED) is 0.744. The maximum absolute atomic E-state index is 12.8. The van der Waals surface area contributed by atoms with Crippen LogP contribution < -0.4 is 10.6 Å². The summed E-state index contributed by atoms with van der Waals surface area (Å²) in [7, 11) is 1.74. The Morgan fingerprint density at radius 1 is 1.19 bits per heavy atom. The summed E-state index contributed by atoms with van der Waals surface area (Å²) in [5.74, 6) is 0.286. The lowest BCUT2D eigenvalue weighted by molar-refractivity contribution is 0.0737. The first kappa shape index (κ1) is 16.5. The van der Waals surface area contributed by atoms with E-state index in [1.807, 2.05) is 11.4 Å². The van der Waals surface area contributed by atoms with Gasteiger partial charge in [-0.15, -0.1) is 11.3 Å². The van der Waals surface area contributed by atoms with Crippen LogP contribution in [0, 0.1) is 0 Å². The highest BCUT2D eigenvalue weighted by molar-refractivity contribution is 7.16. The second-order valence-electron chi connectivity index (χ2n) is 6.21. The van der Waals surface area contributed by atoms with Crippen LogP contribution in [0.4, 0.5) is 5.82 Å². The predicted molar refractivity (Wildman–Crippen MR) is 99.5 cm³/mol. The molecule has 0 atom stereocenters. The van der Waals surface area contributed by atoms with Gasteiger partial charge in [-0.3, -0.25) is 9.59 Å². The summed E-state index contributed by atoms with van der Waals surface area (Å²) in [4.78, 5) is 37.8. The number of rotatable bonds is 3. The van der Waals surface area contributed by atoms with Gasteiger partial charge in [0, 0.05) is 39.4 Å². The molecule has 1 aliphatic rings. The van der Waals surface area contributed by atoms with Crippen LogP contribution in [0.1, 0.15) is 20.8 Å². The molecule has 0 bridgehead atoms. The van der Waals surface area contributed by atoms with E-state index >= 15 is 0 Å². The highest BCUT2D eigenvalue weighted by atomic mass is 32.1. The second-order valence-corrected chi connectivity index (χ2v) is 7.10. The van der Waals surface area contributed by atoms with E-state index in [1.165, 1.54) is 0 Å². The molecule has 4 rings (SSSR count). The number of primary amides is 1. The third-order valence-corrected chi connectivity index (χ3v) is 5.44. The van der Waals surface area contributed by atoms with E-state index in [-0.39, 0.29) is 5.91 Å². The Kier molecular flexibility index (Phi) is 4.08. The second kappa shape index (κ2) is 6.41. The van der Waals surface area contributed by atoms with Crippen LogP contribution in [-0.2, 0) is 7.05 Å². The number of thiophene rings is 1. The van der Waals surface area contributed by atoms with E-state index in [9.17, 15) is 9.59 Å². The highest BCUT2D eigenvalue weighted by Crippen LogP contribution is 2.27. The number of nitrogens with zero attached hydrogens (tertiary/aromatic N) is 5. The van der Waals surface area contributed by atoms with Crippen LogP contribution in [0.5, 0.6) is 0 Å². The number of anilines is 1. The summed E-state index contributed by atoms with van der Waals surface area (Å²) in [6.45, 7) is 2.57. The SMILES string of the molecule is Cn1cc(C(N)=O)cc1C(=O)N1CCN(c2ncnc3sccc23)CC1. The molecule has 1 saturated heterocycles. The van der Waals surface area contributed by atoms with Gasteiger partial charge in [-0.1, -0.05) is 0 Å². The van der Waals surface area contributed by atoms with Gasteiger partial charge in [0.2, 0.25) is 5.91 Å². The minimum atomic E-state index is -0.534. The molecule has 8 nitrogen and oxygen atoms in total. The number of hydrogen-bond donors (Lipinski definition) is 1. The lowest BCUT2D eigenvalue weighted by Crippen LogP contribution is -2.49. The minimum absolute atomic E-state index is 0.0944. The van der Waals surface area contributed by atoms with Gasteiger partial charge in [-0.2, -0.15) is 0 Å². The van der Waals surface area contributed by atoms with E-state index in [0.29, 0.717) is 37.4 Å². The lowest BCUT2D eigenvalue weighted by atomic mass is 10.2. The van der Waals surface area contributed by atoms with Gasteiger partial charge in [-0.25, -0.2) is 9.97 Å². The Morgan fingerprint density at radius 2 is 1.96 bits per heavy atom. The number of aryl methyl sites for hydroxylation is 1. The first-order chi connectivity index (χ1) is 12.5. The van der Waals surface area contributed by atoms with Crippen molar-refractivity contribution in [2.75, 3.05) is 31.1 Å². The average molecular weight is 370 g/mol. The van der Waals surface area contributed by atoms with E-state index in [0.717, 1.165) is 16.0 Å². The number of nitrogens with two attached hydrogens (primary N) is 1. The van der Waals surface area contributed by atoms with E-state index in [2.05, 4.69) is 14.9 Å². The third kappa shape index (κ3) is 2.80. The van der Waals surface area contributed by atoms with Gasteiger partial charge in [0.25, 0.3) is 5.91 Å². The van der Waals surface area contributed by atoms with Crippen molar-refractivity contribution in [2.45, 2.75) is 0 Å². The van der Waals surface area contributed by atoms with Crippen LogP contribution in [0.3, 0.4) is 0 Å². The van der Waals surface area contributed by atoms with Gasteiger partial charge in [0.05, 0.1) is 10.9 Å².